The molecule has 2 aromatic rings. The highest BCUT2D eigenvalue weighted by Gasteiger charge is 2.49. The summed E-state index contributed by atoms with van der Waals surface area (Å²) in [7, 11) is 0. The van der Waals surface area contributed by atoms with Crippen LogP contribution in [0.15, 0.2) is 48.5 Å². The van der Waals surface area contributed by atoms with Gasteiger partial charge in [-0.2, -0.15) is 0 Å². The lowest BCUT2D eigenvalue weighted by atomic mass is 9.82. The number of carbonyl (C=O) groups excluding carboxylic acids is 2. The molecule has 0 aromatic heterocycles. The molecule has 8 heteroatoms. The Bertz CT molecular complexity index is 822. The number of nitrogens with zero attached hydrogens (tertiary/aromatic N) is 1. The van der Waals surface area contributed by atoms with Crippen LogP contribution in [-0.2, 0) is 9.59 Å². The summed E-state index contributed by atoms with van der Waals surface area (Å²) in [5.41, 5.74) is 0.558. The largest absolute Gasteiger partial charge is 0.506 e. The molecule has 24 heavy (non-hydrogen) atoms. The van der Waals surface area contributed by atoms with Crippen molar-refractivity contribution < 1.29 is 19.6 Å². The van der Waals surface area contributed by atoms with Gasteiger partial charge in [0.15, 0.2) is 0 Å². The van der Waals surface area contributed by atoms with E-state index in [1.54, 1.807) is 24.3 Å². The second kappa shape index (κ2) is 5.99. The maximum absolute atomic E-state index is 11.8. The Hall–Kier alpha value is -3.42. The number of ketones is 2. The average Bonchev–Trinajstić information content (AvgIpc) is 2.59. The number of para-hydroxylation sites is 1. The molecule has 2 atom stereocenters. The third-order valence-electron chi connectivity index (χ3n) is 3.74. The van der Waals surface area contributed by atoms with Crippen molar-refractivity contribution >= 4 is 28.6 Å². The van der Waals surface area contributed by atoms with E-state index in [0.29, 0.717) is 5.69 Å². The number of benzene rings is 2. The van der Waals surface area contributed by atoms with Crippen LogP contribution in [0.3, 0.4) is 0 Å². The molecule has 1 aliphatic rings. The fourth-order valence-corrected chi connectivity index (χ4v) is 2.45. The molecule has 0 amide bonds. The molecule has 0 saturated heterocycles. The Morgan fingerprint density at radius 2 is 1.58 bits per heavy atom. The van der Waals surface area contributed by atoms with Gasteiger partial charge in [-0.3, -0.25) is 19.7 Å². The highest BCUT2D eigenvalue weighted by Crippen LogP contribution is 2.31. The van der Waals surface area contributed by atoms with E-state index in [2.05, 4.69) is 10.6 Å². The van der Waals surface area contributed by atoms with Crippen LogP contribution in [0.1, 0.15) is 0 Å². The first-order chi connectivity index (χ1) is 11.5. The predicted molar refractivity (Wildman–Crippen MR) is 86.0 cm³/mol. The number of rotatable bonds is 5. The first-order valence-electron chi connectivity index (χ1n) is 7.11. The lowest BCUT2D eigenvalue weighted by Gasteiger charge is -2.35. The highest BCUT2D eigenvalue weighted by atomic mass is 16.6. The summed E-state index contributed by atoms with van der Waals surface area (Å²) in [6, 6.07) is 10.8. The topological polar surface area (TPSA) is 122 Å². The Balaban J connectivity index is 1.77. The average molecular weight is 327 g/mol. The molecule has 3 rings (SSSR count). The SMILES string of the molecule is O=C1C(=O)C(Nc2ccc([N+](=O)[O-])cc2O)C1Nc1ccccc1. The molecule has 1 fully saturated rings. The fourth-order valence-electron chi connectivity index (χ4n) is 2.45. The predicted octanol–water partition coefficient (Wildman–Crippen LogP) is 1.71. The minimum atomic E-state index is -0.856. The molecule has 3 N–H and O–H groups in total. The lowest BCUT2D eigenvalue weighted by Crippen LogP contribution is -2.64. The first kappa shape index (κ1) is 15.5. The van der Waals surface area contributed by atoms with E-state index >= 15 is 0 Å². The van der Waals surface area contributed by atoms with E-state index in [-0.39, 0.29) is 17.1 Å². The molecule has 1 saturated carbocycles. The molecule has 0 radical (unpaired) electrons. The summed E-state index contributed by atoms with van der Waals surface area (Å²) >= 11 is 0. The van der Waals surface area contributed by atoms with Gasteiger partial charge in [-0.05, 0) is 18.2 Å². The Kier molecular flexibility index (Phi) is 3.87. The molecule has 0 aliphatic heterocycles. The highest BCUT2D eigenvalue weighted by molar-refractivity contribution is 6.50. The van der Waals surface area contributed by atoms with Gasteiger partial charge in [-0.25, -0.2) is 0 Å². The van der Waals surface area contributed by atoms with Crippen LogP contribution in [0.5, 0.6) is 5.75 Å². The molecule has 2 aromatic carbocycles. The van der Waals surface area contributed by atoms with Crippen LogP contribution in [-0.4, -0.2) is 33.7 Å². The summed E-state index contributed by atoms with van der Waals surface area (Å²) in [5, 5.41) is 26.2. The third-order valence-corrected chi connectivity index (χ3v) is 3.74. The number of hydrogen-bond donors (Lipinski definition) is 3. The van der Waals surface area contributed by atoms with Crippen LogP contribution in [0, 0.1) is 10.1 Å². The summed E-state index contributed by atoms with van der Waals surface area (Å²) in [4.78, 5) is 33.6. The number of phenolic OH excluding ortho intramolecular Hbond substituents is 1. The van der Waals surface area contributed by atoms with Gasteiger partial charge in [0.05, 0.1) is 16.7 Å². The smallest absolute Gasteiger partial charge is 0.273 e. The number of hydrogen-bond acceptors (Lipinski definition) is 7. The molecule has 122 valence electrons. The van der Waals surface area contributed by atoms with Crippen LogP contribution in [0.4, 0.5) is 17.1 Å². The van der Waals surface area contributed by atoms with E-state index in [1.807, 2.05) is 6.07 Å². The zero-order valence-electron chi connectivity index (χ0n) is 12.3. The molecule has 0 heterocycles. The van der Waals surface area contributed by atoms with Crippen molar-refractivity contribution in [1.29, 1.82) is 0 Å². The molecule has 0 spiro atoms. The number of nitrogens with one attached hydrogen (secondary N) is 2. The number of anilines is 2. The van der Waals surface area contributed by atoms with Crippen LogP contribution >= 0.6 is 0 Å². The zero-order valence-corrected chi connectivity index (χ0v) is 12.3. The Morgan fingerprint density at radius 1 is 0.958 bits per heavy atom. The monoisotopic (exact) mass is 327 g/mol. The standard InChI is InChI=1S/C16H13N3O5/c20-12-8-10(19(23)24)6-7-11(12)18-14-13(15(21)16(14)22)17-9-4-2-1-3-5-9/h1-8,13-14,17-18,20H. The third kappa shape index (κ3) is 2.76. The number of nitro benzene ring substituents is 1. The quantitative estimate of drug-likeness (QED) is 0.331. The molecular weight excluding hydrogens is 314 g/mol. The van der Waals surface area contributed by atoms with Crippen molar-refractivity contribution in [1.82, 2.24) is 0 Å². The van der Waals surface area contributed by atoms with Crippen molar-refractivity contribution in [3.05, 3.63) is 58.6 Å². The number of non-ortho nitro benzene ring substituents is 1. The van der Waals surface area contributed by atoms with Gasteiger partial charge in [0, 0.05) is 11.8 Å². The number of nitro groups is 1. The van der Waals surface area contributed by atoms with E-state index < -0.39 is 28.6 Å². The van der Waals surface area contributed by atoms with Crippen molar-refractivity contribution in [2.24, 2.45) is 0 Å². The van der Waals surface area contributed by atoms with Crippen molar-refractivity contribution in [2.45, 2.75) is 12.1 Å². The molecule has 1 aliphatic carbocycles. The molecule has 0 bridgehead atoms. The van der Waals surface area contributed by atoms with E-state index in [0.717, 1.165) is 6.07 Å². The molecular formula is C16H13N3O5. The van der Waals surface area contributed by atoms with Gasteiger partial charge in [0.1, 0.15) is 17.8 Å². The maximum Gasteiger partial charge on any atom is 0.273 e. The van der Waals surface area contributed by atoms with Crippen molar-refractivity contribution in [3.63, 3.8) is 0 Å². The van der Waals surface area contributed by atoms with Crippen LogP contribution in [0.25, 0.3) is 0 Å². The van der Waals surface area contributed by atoms with E-state index in [1.165, 1.54) is 12.1 Å². The van der Waals surface area contributed by atoms with Crippen LogP contribution in [0.2, 0.25) is 0 Å². The minimum Gasteiger partial charge on any atom is -0.506 e. The number of aromatic hydroxyl groups is 1. The van der Waals surface area contributed by atoms with Gasteiger partial charge in [0.25, 0.3) is 5.69 Å². The van der Waals surface area contributed by atoms with E-state index in [9.17, 15) is 24.8 Å². The van der Waals surface area contributed by atoms with Gasteiger partial charge in [0.2, 0.25) is 11.6 Å². The summed E-state index contributed by atoms with van der Waals surface area (Å²) < 4.78 is 0. The lowest BCUT2D eigenvalue weighted by molar-refractivity contribution is -0.384. The maximum atomic E-state index is 11.8. The zero-order chi connectivity index (χ0) is 17.3. The normalized spacial score (nSPS) is 19.5. The van der Waals surface area contributed by atoms with Crippen LogP contribution < -0.4 is 10.6 Å². The first-order valence-corrected chi connectivity index (χ1v) is 7.11. The van der Waals surface area contributed by atoms with Gasteiger partial charge in [-0.1, -0.05) is 18.2 Å². The molecule has 8 nitrogen and oxygen atoms in total. The summed E-state index contributed by atoms with van der Waals surface area (Å²) in [5.74, 6) is -1.53. The van der Waals surface area contributed by atoms with Gasteiger partial charge in [-0.15, -0.1) is 0 Å². The van der Waals surface area contributed by atoms with Gasteiger partial charge < -0.3 is 15.7 Å². The van der Waals surface area contributed by atoms with E-state index in [4.69, 9.17) is 0 Å². The van der Waals surface area contributed by atoms with Gasteiger partial charge >= 0.3 is 0 Å². The summed E-state index contributed by atoms with van der Waals surface area (Å²) in [6.07, 6.45) is 0. The fraction of sp³-hybridized carbons (Fsp3) is 0.125. The molecule has 2 unspecified atom stereocenters. The second-order valence-electron chi connectivity index (χ2n) is 5.30. The Labute approximate surface area is 136 Å². The van der Waals surface area contributed by atoms with Crippen molar-refractivity contribution in [3.8, 4) is 5.75 Å². The van der Waals surface area contributed by atoms with Crippen molar-refractivity contribution in [2.75, 3.05) is 10.6 Å². The Morgan fingerprint density at radius 3 is 2.17 bits per heavy atom. The summed E-state index contributed by atoms with van der Waals surface area (Å²) in [6.45, 7) is 0. The number of phenols is 1. The number of Topliss-reactive ketones (excluding diaryl/α,β-unsaturated/α-hetero) is 2. The second-order valence-corrected chi connectivity index (χ2v) is 5.30. The minimum absolute atomic E-state index is 0.145. The number of carbonyl (C=O) groups is 2.